The number of hydrogen-bond acceptors (Lipinski definition) is 1. The Balaban J connectivity index is 2.25. The lowest BCUT2D eigenvalue weighted by molar-refractivity contribution is -0.916. The summed E-state index contributed by atoms with van der Waals surface area (Å²) in [4.78, 5) is 1.61. The number of likely N-dealkylation sites (tertiary alicyclic amines) is 1. The first kappa shape index (κ1) is 14.1. The molecule has 0 spiro atoms. The van der Waals surface area contributed by atoms with Crippen LogP contribution in [-0.4, -0.2) is 19.6 Å². The van der Waals surface area contributed by atoms with Crippen LogP contribution in [0, 0.1) is 22.7 Å². The molecule has 0 saturated carbocycles. The minimum absolute atomic E-state index is 0.162. The minimum atomic E-state index is 0.162. The van der Waals surface area contributed by atoms with Crippen molar-refractivity contribution in [3.8, 4) is 6.07 Å². The van der Waals surface area contributed by atoms with Gasteiger partial charge in [0, 0.05) is 24.2 Å². The van der Waals surface area contributed by atoms with Gasteiger partial charge in [-0.1, -0.05) is 37.3 Å². The molecule has 2 heteroatoms. The van der Waals surface area contributed by atoms with Gasteiger partial charge >= 0.3 is 0 Å². The molecule has 0 aromatic heterocycles. The lowest BCUT2D eigenvalue weighted by Crippen LogP contribution is -3.15. The van der Waals surface area contributed by atoms with E-state index in [1.54, 1.807) is 4.90 Å². The van der Waals surface area contributed by atoms with Crippen LogP contribution in [-0.2, 0) is 6.42 Å². The van der Waals surface area contributed by atoms with Crippen LogP contribution >= 0.6 is 0 Å². The first-order valence-electron chi connectivity index (χ1n) is 7.30. The van der Waals surface area contributed by atoms with Crippen LogP contribution in [0.1, 0.15) is 32.3 Å². The molecule has 0 aliphatic carbocycles. The number of piperidine rings is 1. The summed E-state index contributed by atoms with van der Waals surface area (Å²) in [7, 11) is 2.28. The summed E-state index contributed by atoms with van der Waals surface area (Å²) >= 11 is 0. The third-order valence-corrected chi connectivity index (χ3v) is 5.06. The summed E-state index contributed by atoms with van der Waals surface area (Å²) < 4.78 is 0. The van der Waals surface area contributed by atoms with Crippen LogP contribution in [0.15, 0.2) is 30.3 Å². The van der Waals surface area contributed by atoms with Crippen molar-refractivity contribution in [2.45, 2.75) is 39.2 Å². The molecule has 1 unspecified atom stereocenters. The fourth-order valence-electron chi connectivity index (χ4n) is 3.60. The summed E-state index contributed by atoms with van der Waals surface area (Å²) in [6.45, 7) is 5.82. The quantitative estimate of drug-likeness (QED) is 0.882. The van der Waals surface area contributed by atoms with Gasteiger partial charge < -0.3 is 4.90 Å². The summed E-state index contributed by atoms with van der Waals surface area (Å²) in [6, 6.07) is 13.8. The van der Waals surface area contributed by atoms with Crippen molar-refractivity contribution in [2.24, 2.45) is 11.3 Å². The molecule has 19 heavy (non-hydrogen) atoms. The fourth-order valence-corrected chi connectivity index (χ4v) is 3.60. The van der Waals surface area contributed by atoms with Gasteiger partial charge in [0.05, 0.1) is 25.7 Å². The van der Waals surface area contributed by atoms with E-state index in [1.807, 2.05) is 0 Å². The maximum Gasteiger partial charge on any atom is 0.0850 e. The molecule has 1 aromatic rings. The van der Waals surface area contributed by atoms with E-state index in [9.17, 15) is 5.26 Å². The van der Waals surface area contributed by atoms with E-state index in [1.165, 1.54) is 12.1 Å². The third-order valence-electron chi connectivity index (χ3n) is 5.06. The first-order chi connectivity index (χ1) is 9.07. The van der Waals surface area contributed by atoms with Crippen molar-refractivity contribution in [1.29, 1.82) is 5.26 Å². The molecule has 0 radical (unpaired) electrons. The SMILES string of the molecule is C[C@H]1C[C@](CC#N)(Cc2ccccc2)[C@@H](C)C[NH+]1C. The lowest BCUT2D eigenvalue weighted by Gasteiger charge is -2.46. The molecule has 2 nitrogen and oxygen atoms in total. The second kappa shape index (κ2) is 5.75. The van der Waals surface area contributed by atoms with Gasteiger partial charge in [-0.05, 0) is 18.9 Å². The number of hydrogen-bond donors (Lipinski definition) is 1. The van der Waals surface area contributed by atoms with Gasteiger partial charge in [-0.25, -0.2) is 0 Å². The number of nitrogens with one attached hydrogen (secondary N) is 1. The van der Waals surface area contributed by atoms with Crippen molar-refractivity contribution in [2.75, 3.05) is 13.6 Å². The average molecular weight is 257 g/mol. The van der Waals surface area contributed by atoms with E-state index >= 15 is 0 Å². The molecule has 1 fully saturated rings. The van der Waals surface area contributed by atoms with Crippen LogP contribution in [0.25, 0.3) is 0 Å². The van der Waals surface area contributed by atoms with Crippen LogP contribution in [0.4, 0.5) is 0 Å². The van der Waals surface area contributed by atoms with Crippen LogP contribution in [0.2, 0.25) is 0 Å². The predicted octanol–water partition coefficient (Wildman–Crippen LogP) is 2.07. The highest BCUT2D eigenvalue weighted by molar-refractivity contribution is 5.18. The van der Waals surface area contributed by atoms with Crippen LogP contribution in [0.5, 0.6) is 0 Å². The lowest BCUT2D eigenvalue weighted by atomic mass is 9.64. The summed E-state index contributed by atoms with van der Waals surface area (Å²) in [5.74, 6) is 0.601. The second-order valence-electron chi connectivity index (χ2n) is 6.42. The van der Waals surface area contributed by atoms with Crippen LogP contribution < -0.4 is 4.90 Å². The molecule has 1 saturated heterocycles. The van der Waals surface area contributed by atoms with Crippen molar-refractivity contribution in [3.63, 3.8) is 0 Å². The Morgan fingerprint density at radius 2 is 2.00 bits per heavy atom. The molecular weight excluding hydrogens is 232 g/mol. The van der Waals surface area contributed by atoms with Gasteiger partial charge in [-0.2, -0.15) is 5.26 Å². The van der Waals surface area contributed by atoms with E-state index in [2.05, 4.69) is 57.3 Å². The Kier molecular flexibility index (Phi) is 4.27. The van der Waals surface area contributed by atoms with Crippen molar-refractivity contribution in [3.05, 3.63) is 35.9 Å². The standard InChI is InChI=1S/C17H24N2/c1-14-13-19(3)15(2)11-17(14,9-10-18)12-16-7-5-4-6-8-16/h4-8,14-15H,9,11-13H2,1-3H3/p+1/t14-,15-,17+/m0/s1. The van der Waals surface area contributed by atoms with E-state index in [-0.39, 0.29) is 5.41 Å². The fraction of sp³-hybridized carbons (Fsp3) is 0.588. The number of quaternary nitrogens is 1. The van der Waals surface area contributed by atoms with Gasteiger partial charge in [0.2, 0.25) is 0 Å². The third kappa shape index (κ3) is 2.98. The number of nitriles is 1. The second-order valence-corrected chi connectivity index (χ2v) is 6.42. The van der Waals surface area contributed by atoms with Crippen LogP contribution in [0.3, 0.4) is 0 Å². The molecule has 1 aliphatic heterocycles. The molecule has 1 N–H and O–H groups in total. The molecule has 1 heterocycles. The molecule has 1 aliphatic rings. The zero-order valence-electron chi connectivity index (χ0n) is 12.3. The Bertz CT molecular complexity index is 448. The van der Waals surface area contributed by atoms with E-state index in [0.717, 1.165) is 12.8 Å². The van der Waals surface area contributed by atoms with Gasteiger partial charge in [-0.15, -0.1) is 0 Å². The molecular formula is C17H25N2+. The molecule has 2 rings (SSSR count). The van der Waals surface area contributed by atoms with E-state index in [0.29, 0.717) is 18.4 Å². The zero-order chi connectivity index (χ0) is 13.9. The zero-order valence-corrected chi connectivity index (χ0v) is 12.3. The Morgan fingerprint density at radius 3 is 2.63 bits per heavy atom. The molecule has 0 amide bonds. The van der Waals surface area contributed by atoms with E-state index < -0.39 is 0 Å². The minimum Gasteiger partial charge on any atom is -0.335 e. The largest absolute Gasteiger partial charge is 0.335 e. The highest BCUT2D eigenvalue weighted by Crippen LogP contribution is 2.40. The average Bonchev–Trinajstić information content (AvgIpc) is 2.38. The summed E-state index contributed by atoms with van der Waals surface area (Å²) in [5.41, 5.74) is 1.53. The topological polar surface area (TPSA) is 28.2 Å². The predicted molar refractivity (Wildman–Crippen MR) is 77.8 cm³/mol. The molecule has 0 bridgehead atoms. The van der Waals surface area contributed by atoms with Crippen molar-refractivity contribution < 1.29 is 4.90 Å². The van der Waals surface area contributed by atoms with Gasteiger partial charge in [0.25, 0.3) is 0 Å². The van der Waals surface area contributed by atoms with Gasteiger partial charge in [-0.3, -0.25) is 0 Å². The summed E-state index contributed by atoms with van der Waals surface area (Å²) in [6.07, 6.45) is 2.88. The van der Waals surface area contributed by atoms with Gasteiger partial charge in [0.15, 0.2) is 0 Å². The Labute approximate surface area is 117 Å². The monoisotopic (exact) mass is 257 g/mol. The highest BCUT2D eigenvalue weighted by Gasteiger charge is 2.44. The number of rotatable bonds is 3. The highest BCUT2D eigenvalue weighted by atomic mass is 15.1. The maximum absolute atomic E-state index is 9.27. The molecule has 1 aromatic carbocycles. The smallest absolute Gasteiger partial charge is 0.0850 e. The van der Waals surface area contributed by atoms with E-state index in [4.69, 9.17) is 0 Å². The van der Waals surface area contributed by atoms with Crippen molar-refractivity contribution in [1.82, 2.24) is 0 Å². The Morgan fingerprint density at radius 1 is 1.32 bits per heavy atom. The number of benzene rings is 1. The molecule has 102 valence electrons. The molecule has 4 atom stereocenters. The summed E-state index contributed by atoms with van der Waals surface area (Å²) in [5, 5.41) is 9.27. The normalized spacial score (nSPS) is 34.7. The number of nitrogens with zero attached hydrogens (tertiary/aromatic N) is 1. The van der Waals surface area contributed by atoms with Gasteiger partial charge in [0.1, 0.15) is 0 Å². The Hall–Kier alpha value is -1.33. The first-order valence-corrected chi connectivity index (χ1v) is 7.30. The maximum atomic E-state index is 9.27. The van der Waals surface area contributed by atoms with Crippen molar-refractivity contribution >= 4 is 0 Å².